The summed E-state index contributed by atoms with van der Waals surface area (Å²) >= 11 is 0. The predicted octanol–water partition coefficient (Wildman–Crippen LogP) is 2.71. The number of rotatable bonds is 4. The average Bonchev–Trinajstić information content (AvgIpc) is 2.90. The molecule has 4 nitrogen and oxygen atoms in total. The van der Waals surface area contributed by atoms with Crippen LogP contribution in [0.4, 0.5) is 0 Å². The van der Waals surface area contributed by atoms with Gasteiger partial charge in [0.2, 0.25) is 0 Å². The van der Waals surface area contributed by atoms with Crippen LogP contribution in [0.3, 0.4) is 0 Å². The van der Waals surface area contributed by atoms with Gasteiger partial charge in [-0.05, 0) is 30.3 Å². The van der Waals surface area contributed by atoms with Crippen LogP contribution in [0, 0.1) is 0 Å². The Morgan fingerprint density at radius 1 is 1.17 bits per heavy atom. The van der Waals surface area contributed by atoms with E-state index in [9.17, 15) is 9.59 Å². The average molecular weight is 242 g/mol. The fourth-order valence-electron chi connectivity index (χ4n) is 1.35. The largest absolute Gasteiger partial charge is 0.465 e. The smallest absolute Gasteiger partial charge is 0.336 e. The first-order valence-corrected chi connectivity index (χ1v) is 5.27. The molecule has 4 heteroatoms. The number of carbonyl (C=O) groups is 2. The van der Waals surface area contributed by atoms with Crippen molar-refractivity contribution in [3.05, 3.63) is 60.1 Å². The summed E-state index contributed by atoms with van der Waals surface area (Å²) in [6.45, 7) is 0. The number of carbonyl (C=O) groups excluding carboxylic acids is 2. The molecule has 0 atom stereocenters. The van der Waals surface area contributed by atoms with E-state index < -0.39 is 5.97 Å². The van der Waals surface area contributed by atoms with E-state index in [0.717, 1.165) is 0 Å². The predicted molar refractivity (Wildman–Crippen MR) is 65.2 cm³/mol. The Bertz CT molecular complexity index is 567. The van der Waals surface area contributed by atoms with Gasteiger partial charge in [-0.2, -0.15) is 0 Å². The van der Waals surface area contributed by atoms with E-state index in [1.807, 2.05) is 0 Å². The summed E-state index contributed by atoms with van der Waals surface area (Å²) in [7, 11) is 0. The Morgan fingerprint density at radius 3 is 2.72 bits per heavy atom. The van der Waals surface area contributed by atoms with Crippen LogP contribution in [0.15, 0.2) is 53.2 Å². The van der Waals surface area contributed by atoms with E-state index in [2.05, 4.69) is 0 Å². The van der Waals surface area contributed by atoms with Crippen molar-refractivity contribution < 1.29 is 18.7 Å². The highest BCUT2D eigenvalue weighted by Crippen LogP contribution is 2.16. The summed E-state index contributed by atoms with van der Waals surface area (Å²) < 4.78 is 10.1. The summed E-state index contributed by atoms with van der Waals surface area (Å²) in [4.78, 5) is 22.2. The second-order valence-electron chi connectivity index (χ2n) is 3.43. The molecule has 0 fully saturated rings. The zero-order chi connectivity index (χ0) is 12.8. The first-order valence-electron chi connectivity index (χ1n) is 5.27. The Balaban J connectivity index is 2.05. The SMILES string of the molecule is O=Cc1ccccc1OC(=O)/C=C/c1ccco1. The van der Waals surface area contributed by atoms with Crippen LogP contribution in [0.2, 0.25) is 0 Å². The summed E-state index contributed by atoms with van der Waals surface area (Å²) in [6.07, 6.45) is 4.87. The molecule has 0 saturated heterocycles. The maximum Gasteiger partial charge on any atom is 0.336 e. The van der Waals surface area contributed by atoms with Gasteiger partial charge in [-0.15, -0.1) is 0 Å². The van der Waals surface area contributed by atoms with Crippen LogP contribution in [-0.2, 0) is 4.79 Å². The van der Waals surface area contributed by atoms with Gasteiger partial charge in [0.05, 0.1) is 11.8 Å². The highest BCUT2D eigenvalue weighted by Gasteiger charge is 2.05. The Labute approximate surface area is 103 Å². The fourth-order valence-corrected chi connectivity index (χ4v) is 1.35. The van der Waals surface area contributed by atoms with Crippen molar-refractivity contribution in [3.8, 4) is 5.75 Å². The van der Waals surface area contributed by atoms with E-state index in [1.165, 1.54) is 18.4 Å². The standard InChI is InChI=1S/C14H10O4/c15-10-11-4-1-2-6-13(11)18-14(16)8-7-12-5-3-9-17-12/h1-10H/b8-7+. The van der Waals surface area contributed by atoms with Gasteiger partial charge in [0, 0.05) is 6.08 Å². The molecule has 2 rings (SSSR count). The van der Waals surface area contributed by atoms with Gasteiger partial charge in [0.1, 0.15) is 11.5 Å². The van der Waals surface area contributed by atoms with Crippen molar-refractivity contribution in [2.24, 2.45) is 0 Å². The van der Waals surface area contributed by atoms with Gasteiger partial charge in [-0.3, -0.25) is 4.79 Å². The maximum atomic E-state index is 11.5. The molecule has 0 bridgehead atoms. The zero-order valence-electron chi connectivity index (χ0n) is 9.41. The number of para-hydroxylation sites is 1. The lowest BCUT2D eigenvalue weighted by molar-refractivity contribution is -0.128. The van der Waals surface area contributed by atoms with Gasteiger partial charge >= 0.3 is 5.97 Å². The number of furan rings is 1. The van der Waals surface area contributed by atoms with Gasteiger partial charge in [0.25, 0.3) is 0 Å². The van der Waals surface area contributed by atoms with Crippen molar-refractivity contribution in [2.75, 3.05) is 0 Å². The highest BCUT2D eigenvalue weighted by molar-refractivity contribution is 5.90. The lowest BCUT2D eigenvalue weighted by Crippen LogP contribution is -2.05. The molecule has 0 amide bonds. The van der Waals surface area contributed by atoms with Crippen LogP contribution in [0.5, 0.6) is 5.75 Å². The summed E-state index contributed by atoms with van der Waals surface area (Å²) in [5.41, 5.74) is 0.331. The van der Waals surface area contributed by atoms with E-state index in [-0.39, 0.29) is 5.75 Å². The molecule has 1 aromatic carbocycles. The molecular formula is C14H10O4. The summed E-state index contributed by atoms with van der Waals surface area (Å²) in [5.74, 6) is 0.220. The van der Waals surface area contributed by atoms with Crippen molar-refractivity contribution in [3.63, 3.8) is 0 Å². The lowest BCUT2D eigenvalue weighted by Gasteiger charge is -2.02. The number of aldehydes is 1. The number of hydrogen-bond donors (Lipinski definition) is 0. The summed E-state index contributed by atoms with van der Waals surface area (Å²) in [6, 6.07) is 9.94. The van der Waals surface area contributed by atoms with Crippen LogP contribution >= 0.6 is 0 Å². The quantitative estimate of drug-likeness (QED) is 0.358. The molecule has 18 heavy (non-hydrogen) atoms. The van der Waals surface area contributed by atoms with Gasteiger partial charge < -0.3 is 9.15 Å². The van der Waals surface area contributed by atoms with Crippen molar-refractivity contribution in [1.82, 2.24) is 0 Å². The Kier molecular flexibility index (Phi) is 3.71. The molecule has 0 aliphatic heterocycles. The van der Waals surface area contributed by atoms with Crippen LogP contribution in [-0.4, -0.2) is 12.3 Å². The Hall–Kier alpha value is -2.62. The molecule has 90 valence electrons. The van der Waals surface area contributed by atoms with E-state index >= 15 is 0 Å². The third-order valence-electron chi connectivity index (χ3n) is 2.18. The van der Waals surface area contributed by atoms with Crippen LogP contribution in [0.25, 0.3) is 6.08 Å². The second-order valence-corrected chi connectivity index (χ2v) is 3.43. The second kappa shape index (κ2) is 5.63. The van der Waals surface area contributed by atoms with Crippen LogP contribution in [0.1, 0.15) is 16.1 Å². The molecule has 2 aromatic rings. The molecule has 1 heterocycles. The molecule has 0 radical (unpaired) electrons. The minimum atomic E-state index is -0.569. The van der Waals surface area contributed by atoms with E-state index in [4.69, 9.17) is 9.15 Å². The number of esters is 1. The molecule has 0 saturated carbocycles. The monoisotopic (exact) mass is 242 g/mol. The first-order chi connectivity index (χ1) is 8.79. The lowest BCUT2D eigenvalue weighted by atomic mass is 10.2. The number of benzene rings is 1. The molecule has 0 aliphatic carbocycles. The molecular weight excluding hydrogens is 232 g/mol. The van der Waals surface area contributed by atoms with E-state index in [1.54, 1.807) is 36.4 Å². The molecule has 0 unspecified atom stereocenters. The first kappa shape index (κ1) is 11.9. The van der Waals surface area contributed by atoms with Crippen molar-refractivity contribution in [2.45, 2.75) is 0 Å². The van der Waals surface area contributed by atoms with Gasteiger partial charge in [-0.25, -0.2) is 4.79 Å². The topological polar surface area (TPSA) is 56.5 Å². The minimum Gasteiger partial charge on any atom is -0.465 e. The third kappa shape index (κ3) is 2.95. The van der Waals surface area contributed by atoms with Crippen LogP contribution < -0.4 is 4.74 Å². The Morgan fingerprint density at radius 2 is 2.00 bits per heavy atom. The van der Waals surface area contributed by atoms with Crippen molar-refractivity contribution >= 4 is 18.3 Å². The molecule has 0 aliphatic rings. The fraction of sp³-hybridized carbons (Fsp3) is 0. The normalized spacial score (nSPS) is 10.4. The number of ether oxygens (including phenoxy) is 1. The number of hydrogen-bond acceptors (Lipinski definition) is 4. The highest BCUT2D eigenvalue weighted by atomic mass is 16.5. The van der Waals surface area contributed by atoms with E-state index in [0.29, 0.717) is 17.6 Å². The molecule has 1 aromatic heterocycles. The maximum absolute atomic E-state index is 11.5. The zero-order valence-corrected chi connectivity index (χ0v) is 9.41. The molecule has 0 N–H and O–H groups in total. The van der Waals surface area contributed by atoms with Gasteiger partial charge in [0.15, 0.2) is 6.29 Å². The third-order valence-corrected chi connectivity index (χ3v) is 2.18. The molecule has 0 spiro atoms. The van der Waals surface area contributed by atoms with Crippen molar-refractivity contribution in [1.29, 1.82) is 0 Å². The summed E-state index contributed by atoms with van der Waals surface area (Å²) in [5, 5.41) is 0. The van der Waals surface area contributed by atoms with Gasteiger partial charge in [-0.1, -0.05) is 12.1 Å². The minimum absolute atomic E-state index is 0.238.